The Labute approximate surface area is 113 Å². The van der Waals surface area contributed by atoms with E-state index in [1.165, 1.54) is 17.8 Å². The number of ether oxygens (including phenoxy) is 2. The topological polar surface area (TPSA) is 108 Å². The molecule has 3 heterocycles. The number of halogens is 1. The molecule has 9 heteroatoms. The van der Waals surface area contributed by atoms with E-state index in [1.807, 2.05) is 0 Å². The molecule has 1 aliphatic heterocycles. The van der Waals surface area contributed by atoms with Gasteiger partial charge in [-0.05, 0) is 0 Å². The van der Waals surface area contributed by atoms with Crippen molar-refractivity contribution >= 4 is 11.6 Å². The summed E-state index contributed by atoms with van der Waals surface area (Å²) in [6.07, 6.45) is -1.04. The summed E-state index contributed by atoms with van der Waals surface area (Å²) in [7, 11) is 1.43. The molecular weight excluding hydrogens is 269 g/mol. The van der Waals surface area contributed by atoms with Gasteiger partial charge in [-0.25, -0.2) is 13.9 Å². The molecule has 3 atom stereocenters. The maximum absolute atomic E-state index is 14.0. The minimum Gasteiger partial charge on any atom is -0.478 e. The second kappa shape index (κ2) is 4.84. The number of aliphatic hydroxyl groups is 1. The zero-order valence-corrected chi connectivity index (χ0v) is 10.7. The van der Waals surface area contributed by atoms with Crippen molar-refractivity contribution in [2.24, 2.45) is 0 Å². The molecule has 20 heavy (non-hydrogen) atoms. The molecule has 3 N–H and O–H groups in total. The van der Waals surface area contributed by atoms with Crippen LogP contribution in [0.3, 0.4) is 0 Å². The highest BCUT2D eigenvalue weighted by Crippen LogP contribution is 2.35. The Kier molecular flexibility index (Phi) is 3.14. The Morgan fingerprint density at radius 1 is 1.65 bits per heavy atom. The lowest BCUT2D eigenvalue weighted by Gasteiger charge is -2.12. The number of hydrogen-bond acceptors (Lipinski definition) is 7. The van der Waals surface area contributed by atoms with Crippen molar-refractivity contribution in [1.82, 2.24) is 19.6 Å². The monoisotopic (exact) mass is 283 g/mol. The molecule has 2 aromatic heterocycles. The molecule has 0 bridgehead atoms. The quantitative estimate of drug-likeness (QED) is 0.808. The number of nitrogen functional groups attached to an aromatic ring is 1. The molecular formula is C11H14FN5O3. The van der Waals surface area contributed by atoms with Gasteiger partial charge < -0.3 is 20.3 Å². The molecule has 1 saturated heterocycles. The van der Waals surface area contributed by atoms with Crippen LogP contribution in [0.25, 0.3) is 5.65 Å². The van der Waals surface area contributed by atoms with Crippen molar-refractivity contribution in [3.8, 4) is 5.88 Å². The van der Waals surface area contributed by atoms with E-state index in [0.717, 1.165) is 0 Å². The standard InChI is InChI=1S/C11H14FN5O3/c1-19-10-9-14-3-7(17(9)16-11(13)15-10)8-6(12)2-5(4-18)20-8/h3,5-6,8,18H,2,4H2,1H3,(H2,13,16)/t5-,6+,8+/m0/s1. The van der Waals surface area contributed by atoms with Crippen LogP contribution in [0.5, 0.6) is 5.88 Å². The average Bonchev–Trinajstić information content (AvgIpc) is 3.00. The van der Waals surface area contributed by atoms with Crippen LogP contribution in [0.15, 0.2) is 6.20 Å². The smallest absolute Gasteiger partial charge is 0.262 e. The molecule has 0 aliphatic carbocycles. The van der Waals surface area contributed by atoms with E-state index in [1.54, 1.807) is 0 Å². The van der Waals surface area contributed by atoms with Gasteiger partial charge >= 0.3 is 0 Å². The highest BCUT2D eigenvalue weighted by atomic mass is 19.1. The summed E-state index contributed by atoms with van der Waals surface area (Å²) < 4.78 is 25.9. The summed E-state index contributed by atoms with van der Waals surface area (Å²) in [5, 5.41) is 13.1. The zero-order valence-electron chi connectivity index (χ0n) is 10.7. The van der Waals surface area contributed by atoms with Crippen LogP contribution < -0.4 is 10.5 Å². The predicted molar refractivity (Wildman–Crippen MR) is 66.0 cm³/mol. The molecule has 1 aliphatic rings. The van der Waals surface area contributed by atoms with Gasteiger partial charge in [0.1, 0.15) is 12.3 Å². The van der Waals surface area contributed by atoms with E-state index in [0.29, 0.717) is 11.3 Å². The number of aromatic nitrogens is 4. The lowest BCUT2D eigenvalue weighted by Crippen LogP contribution is -2.14. The van der Waals surface area contributed by atoms with E-state index in [4.69, 9.17) is 20.3 Å². The van der Waals surface area contributed by atoms with Gasteiger partial charge in [-0.2, -0.15) is 4.98 Å². The number of nitrogens with two attached hydrogens (primary N) is 1. The van der Waals surface area contributed by atoms with Crippen LogP contribution in [-0.2, 0) is 4.74 Å². The Bertz CT molecular complexity index is 634. The molecule has 0 aromatic carbocycles. The van der Waals surface area contributed by atoms with Gasteiger partial charge in [0, 0.05) is 6.42 Å². The summed E-state index contributed by atoms with van der Waals surface area (Å²) in [5.41, 5.74) is 6.34. The van der Waals surface area contributed by atoms with Crippen molar-refractivity contribution in [2.45, 2.75) is 24.8 Å². The van der Waals surface area contributed by atoms with E-state index < -0.39 is 18.4 Å². The number of imidazole rings is 1. The van der Waals surface area contributed by atoms with Crippen LogP contribution in [-0.4, -0.2) is 50.7 Å². The van der Waals surface area contributed by atoms with Gasteiger partial charge in [0.05, 0.1) is 31.7 Å². The average molecular weight is 283 g/mol. The SMILES string of the molecule is COc1nc(N)nn2c([C@@H]3O[C@H](CO)C[C@H]3F)cnc12. The number of rotatable bonds is 3. The molecule has 0 amide bonds. The van der Waals surface area contributed by atoms with Gasteiger partial charge in [-0.3, -0.25) is 0 Å². The first-order valence-corrected chi connectivity index (χ1v) is 6.09. The Hall–Kier alpha value is -2.00. The number of aliphatic hydroxyl groups excluding tert-OH is 1. The summed E-state index contributed by atoms with van der Waals surface area (Å²) in [6.45, 7) is -0.228. The Balaban J connectivity index is 2.07. The maximum Gasteiger partial charge on any atom is 0.262 e. The summed E-state index contributed by atoms with van der Waals surface area (Å²) in [6, 6.07) is 0. The molecule has 0 unspecified atom stereocenters. The third-order valence-corrected chi connectivity index (χ3v) is 3.22. The molecule has 108 valence electrons. The van der Waals surface area contributed by atoms with Gasteiger partial charge in [0.2, 0.25) is 11.6 Å². The highest BCUT2D eigenvalue weighted by molar-refractivity contribution is 5.51. The highest BCUT2D eigenvalue weighted by Gasteiger charge is 2.38. The third kappa shape index (κ3) is 1.95. The molecule has 0 spiro atoms. The van der Waals surface area contributed by atoms with E-state index in [9.17, 15) is 4.39 Å². The van der Waals surface area contributed by atoms with E-state index in [-0.39, 0.29) is 24.9 Å². The summed E-state index contributed by atoms with van der Waals surface area (Å²) >= 11 is 0. The van der Waals surface area contributed by atoms with Crippen molar-refractivity contribution in [2.75, 3.05) is 19.5 Å². The molecule has 0 radical (unpaired) electrons. The minimum atomic E-state index is -1.24. The number of anilines is 1. The first-order chi connectivity index (χ1) is 9.63. The fourth-order valence-corrected chi connectivity index (χ4v) is 2.32. The number of hydrogen-bond donors (Lipinski definition) is 2. The molecule has 3 rings (SSSR count). The lowest BCUT2D eigenvalue weighted by atomic mass is 10.1. The summed E-state index contributed by atoms with van der Waals surface area (Å²) in [4.78, 5) is 8.01. The Morgan fingerprint density at radius 3 is 3.10 bits per heavy atom. The van der Waals surface area contributed by atoms with Crippen LogP contribution in [0.4, 0.5) is 10.3 Å². The zero-order chi connectivity index (χ0) is 14.3. The van der Waals surface area contributed by atoms with Crippen molar-refractivity contribution in [3.05, 3.63) is 11.9 Å². The number of methoxy groups -OCH3 is 1. The second-order valence-corrected chi connectivity index (χ2v) is 4.51. The van der Waals surface area contributed by atoms with E-state index in [2.05, 4.69) is 15.1 Å². The first-order valence-electron chi connectivity index (χ1n) is 6.09. The van der Waals surface area contributed by atoms with Crippen molar-refractivity contribution in [1.29, 1.82) is 0 Å². The third-order valence-electron chi connectivity index (χ3n) is 3.22. The van der Waals surface area contributed by atoms with Crippen LogP contribution in [0.1, 0.15) is 18.2 Å². The maximum atomic E-state index is 14.0. The molecule has 8 nitrogen and oxygen atoms in total. The van der Waals surface area contributed by atoms with Gasteiger partial charge in [0.15, 0.2) is 0 Å². The second-order valence-electron chi connectivity index (χ2n) is 4.51. The molecule has 0 saturated carbocycles. The molecule has 1 fully saturated rings. The predicted octanol–water partition coefficient (Wildman–Crippen LogP) is -0.125. The fourth-order valence-electron chi connectivity index (χ4n) is 2.32. The minimum absolute atomic E-state index is 0.0132. The van der Waals surface area contributed by atoms with Crippen molar-refractivity contribution in [3.63, 3.8) is 0 Å². The van der Waals surface area contributed by atoms with E-state index >= 15 is 0 Å². The van der Waals surface area contributed by atoms with Gasteiger partial charge in [0.25, 0.3) is 5.88 Å². The normalized spacial score (nSPS) is 26.2. The first kappa shape index (κ1) is 13.0. The number of nitrogens with zero attached hydrogens (tertiary/aromatic N) is 4. The number of fused-ring (bicyclic) bond motifs is 1. The lowest BCUT2D eigenvalue weighted by molar-refractivity contribution is -0.00203. The van der Waals surface area contributed by atoms with Gasteiger partial charge in [-0.15, -0.1) is 5.10 Å². The largest absolute Gasteiger partial charge is 0.478 e. The Morgan fingerprint density at radius 2 is 2.45 bits per heavy atom. The van der Waals surface area contributed by atoms with Crippen LogP contribution >= 0.6 is 0 Å². The molecule has 2 aromatic rings. The van der Waals surface area contributed by atoms with Crippen molar-refractivity contribution < 1.29 is 19.0 Å². The summed E-state index contributed by atoms with van der Waals surface area (Å²) in [5.74, 6) is 0.191. The van der Waals surface area contributed by atoms with Gasteiger partial charge in [-0.1, -0.05) is 0 Å². The fraction of sp³-hybridized carbons (Fsp3) is 0.545. The van der Waals surface area contributed by atoms with Crippen LogP contribution in [0, 0.1) is 0 Å². The van der Waals surface area contributed by atoms with Crippen LogP contribution in [0.2, 0.25) is 0 Å². The number of alkyl halides is 1.